The average Bonchev–Trinajstić information content (AvgIpc) is 2.32. The van der Waals surface area contributed by atoms with E-state index in [4.69, 9.17) is 10.5 Å². The molecule has 2 aromatic rings. The van der Waals surface area contributed by atoms with Crippen LogP contribution in [0.4, 0.5) is 5.82 Å². The van der Waals surface area contributed by atoms with Crippen molar-refractivity contribution < 1.29 is 9.53 Å². The SMILES string of the molecule is Nc1cccc(C(=O)Oc2ccc(Br)cc2)n1. The molecule has 5 heteroatoms. The van der Waals surface area contributed by atoms with Gasteiger partial charge in [-0.05, 0) is 36.4 Å². The Bertz CT molecular complexity index is 540. The number of carbonyl (C=O) groups is 1. The van der Waals surface area contributed by atoms with Gasteiger partial charge in [-0.1, -0.05) is 22.0 Å². The number of hydrogen-bond donors (Lipinski definition) is 1. The number of carbonyl (C=O) groups excluding carboxylic acids is 1. The van der Waals surface area contributed by atoms with Crippen molar-refractivity contribution in [1.29, 1.82) is 0 Å². The number of nitrogens with zero attached hydrogens (tertiary/aromatic N) is 1. The maximum absolute atomic E-state index is 11.7. The second-order valence-electron chi connectivity index (χ2n) is 3.29. The number of nitrogens with two attached hydrogens (primary N) is 1. The maximum Gasteiger partial charge on any atom is 0.362 e. The minimum Gasteiger partial charge on any atom is -0.422 e. The molecule has 1 aromatic heterocycles. The van der Waals surface area contributed by atoms with Gasteiger partial charge in [-0.25, -0.2) is 9.78 Å². The highest BCUT2D eigenvalue weighted by Crippen LogP contribution is 2.17. The van der Waals surface area contributed by atoms with Gasteiger partial charge in [0.05, 0.1) is 0 Å². The Labute approximate surface area is 107 Å². The van der Waals surface area contributed by atoms with Gasteiger partial charge in [0, 0.05) is 4.47 Å². The number of halogens is 1. The number of ether oxygens (including phenoxy) is 1. The standard InChI is InChI=1S/C12H9BrN2O2/c13-8-4-6-9(7-5-8)17-12(16)10-2-1-3-11(14)15-10/h1-7H,(H2,14,15). The Morgan fingerprint density at radius 1 is 1.18 bits per heavy atom. The lowest BCUT2D eigenvalue weighted by Crippen LogP contribution is -2.11. The Kier molecular flexibility index (Phi) is 3.39. The molecular formula is C12H9BrN2O2. The van der Waals surface area contributed by atoms with Gasteiger partial charge in [-0.15, -0.1) is 0 Å². The monoisotopic (exact) mass is 292 g/mol. The maximum atomic E-state index is 11.7. The van der Waals surface area contributed by atoms with E-state index in [9.17, 15) is 4.79 Å². The predicted molar refractivity (Wildman–Crippen MR) is 67.7 cm³/mol. The summed E-state index contributed by atoms with van der Waals surface area (Å²) in [6, 6.07) is 11.8. The van der Waals surface area contributed by atoms with Gasteiger partial charge >= 0.3 is 5.97 Å². The normalized spacial score (nSPS) is 9.94. The number of benzene rings is 1. The minimum atomic E-state index is -0.528. The first-order chi connectivity index (χ1) is 8.15. The molecule has 4 nitrogen and oxygen atoms in total. The molecule has 0 atom stereocenters. The fraction of sp³-hybridized carbons (Fsp3) is 0. The van der Waals surface area contributed by atoms with Gasteiger partial charge in [0.2, 0.25) is 0 Å². The van der Waals surface area contributed by atoms with E-state index in [1.807, 2.05) is 0 Å². The van der Waals surface area contributed by atoms with Crippen LogP contribution in [0.5, 0.6) is 5.75 Å². The first-order valence-electron chi connectivity index (χ1n) is 4.85. The summed E-state index contributed by atoms with van der Waals surface area (Å²) in [5.41, 5.74) is 5.67. The minimum absolute atomic E-state index is 0.188. The molecule has 0 aliphatic carbocycles. The molecule has 0 saturated heterocycles. The Balaban J connectivity index is 2.14. The third kappa shape index (κ3) is 3.04. The van der Waals surface area contributed by atoms with Crippen LogP contribution in [-0.4, -0.2) is 11.0 Å². The highest BCUT2D eigenvalue weighted by molar-refractivity contribution is 9.10. The zero-order valence-electron chi connectivity index (χ0n) is 8.76. The summed E-state index contributed by atoms with van der Waals surface area (Å²) < 4.78 is 6.05. The molecule has 0 spiro atoms. The third-order valence-corrected chi connectivity index (χ3v) is 2.53. The number of anilines is 1. The molecule has 0 fully saturated rings. The van der Waals surface area contributed by atoms with Crippen LogP contribution in [0.15, 0.2) is 46.9 Å². The number of aromatic nitrogens is 1. The summed E-state index contributed by atoms with van der Waals surface area (Å²) in [4.78, 5) is 15.6. The molecule has 2 N–H and O–H groups in total. The second-order valence-corrected chi connectivity index (χ2v) is 4.21. The van der Waals surface area contributed by atoms with Crippen LogP contribution >= 0.6 is 15.9 Å². The van der Waals surface area contributed by atoms with Gasteiger partial charge in [-0.3, -0.25) is 0 Å². The lowest BCUT2D eigenvalue weighted by molar-refractivity contribution is 0.0729. The van der Waals surface area contributed by atoms with Crippen LogP contribution in [0.25, 0.3) is 0 Å². The number of esters is 1. The van der Waals surface area contributed by atoms with Crippen molar-refractivity contribution in [3.05, 3.63) is 52.6 Å². The number of pyridine rings is 1. The topological polar surface area (TPSA) is 65.2 Å². The van der Waals surface area contributed by atoms with Gasteiger partial charge in [-0.2, -0.15) is 0 Å². The van der Waals surface area contributed by atoms with Gasteiger partial charge in [0.25, 0.3) is 0 Å². The predicted octanol–water partition coefficient (Wildman–Crippen LogP) is 2.65. The molecule has 1 aromatic carbocycles. The lowest BCUT2D eigenvalue weighted by atomic mass is 10.3. The van der Waals surface area contributed by atoms with Crippen molar-refractivity contribution >= 4 is 27.7 Å². The molecule has 2 rings (SSSR count). The zero-order chi connectivity index (χ0) is 12.3. The average molecular weight is 293 g/mol. The van der Waals surface area contributed by atoms with Crippen LogP contribution in [0.2, 0.25) is 0 Å². The largest absolute Gasteiger partial charge is 0.422 e. The highest BCUT2D eigenvalue weighted by Gasteiger charge is 2.09. The van der Waals surface area contributed by atoms with E-state index in [0.29, 0.717) is 5.75 Å². The lowest BCUT2D eigenvalue weighted by Gasteiger charge is -2.04. The van der Waals surface area contributed by atoms with Gasteiger partial charge < -0.3 is 10.5 Å². The van der Waals surface area contributed by atoms with E-state index < -0.39 is 5.97 Å². The van der Waals surface area contributed by atoms with Crippen molar-refractivity contribution in [3.63, 3.8) is 0 Å². The molecule has 0 unspecified atom stereocenters. The number of rotatable bonds is 2. The van der Waals surface area contributed by atoms with E-state index in [1.54, 1.807) is 42.5 Å². The quantitative estimate of drug-likeness (QED) is 0.683. The second kappa shape index (κ2) is 4.97. The smallest absolute Gasteiger partial charge is 0.362 e. The number of hydrogen-bond acceptors (Lipinski definition) is 4. The van der Waals surface area contributed by atoms with Crippen LogP contribution in [0.3, 0.4) is 0 Å². The van der Waals surface area contributed by atoms with Crippen LogP contribution in [0, 0.1) is 0 Å². The van der Waals surface area contributed by atoms with Gasteiger partial charge in [0.15, 0.2) is 5.69 Å². The molecule has 0 radical (unpaired) electrons. The first-order valence-corrected chi connectivity index (χ1v) is 5.65. The van der Waals surface area contributed by atoms with Crippen molar-refractivity contribution in [2.75, 3.05) is 5.73 Å². The molecule has 1 heterocycles. The summed E-state index contributed by atoms with van der Waals surface area (Å²) in [6.45, 7) is 0. The highest BCUT2D eigenvalue weighted by atomic mass is 79.9. The van der Waals surface area contributed by atoms with Crippen LogP contribution in [-0.2, 0) is 0 Å². The van der Waals surface area contributed by atoms with Crippen molar-refractivity contribution in [1.82, 2.24) is 4.98 Å². The molecule has 86 valence electrons. The van der Waals surface area contributed by atoms with E-state index >= 15 is 0 Å². The van der Waals surface area contributed by atoms with E-state index in [2.05, 4.69) is 20.9 Å². The number of nitrogen functional groups attached to an aromatic ring is 1. The summed E-state index contributed by atoms with van der Waals surface area (Å²) in [5.74, 6) is 0.220. The van der Waals surface area contributed by atoms with Gasteiger partial charge in [0.1, 0.15) is 11.6 Å². The zero-order valence-corrected chi connectivity index (χ0v) is 10.3. The molecule has 0 aliphatic heterocycles. The van der Waals surface area contributed by atoms with Crippen molar-refractivity contribution in [2.45, 2.75) is 0 Å². The third-order valence-electron chi connectivity index (χ3n) is 2.00. The van der Waals surface area contributed by atoms with E-state index in [0.717, 1.165) is 4.47 Å². The van der Waals surface area contributed by atoms with Crippen LogP contribution < -0.4 is 10.5 Å². The van der Waals surface area contributed by atoms with E-state index in [-0.39, 0.29) is 11.5 Å². The summed E-state index contributed by atoms with van der Waals surface area (Å²) in [5, 5.41) is 0. The molecule has 0 saturated carbocycles. The van der Waals surface area contributed by atoms with E-state index in [1.165, 1.54) is 0 Å². The fourth-order valence-corrected chi connectivity index (χ4v) is 1.49. The molecule has 0 aliphatic rings. The first kappa shape index (κ1) is 11.6. The molecule has 0 amide bonds. The Morgan fingerprint density at radius 3 is 2.53 bits per heavy atom. The summed E-state index contributed by atoms with van der Waals surface area (Å²) in [7, 11) is 0. The fourth-order valence-electron chi connectivity index (χ4n) is 1.23. The van der Waals surface area contributed by atoms with Crippen molar-refractivity contribution in [2.24, 2.45) is 0 Å². The Morgan fingerprint density at radius 2 is 1.88 bits per heavy atom. The Hall–Kier alpha value is -1.88. The molecule has 17 heavy (non-hydrogen) atoms. The summed E-state index contributed by atoms with van der Waals surface area (Å²) in [6.07, 6.45) is 0. The molecular weight excluding hydrogens is 284 g/mol. The summed E-state index contributed by atoms with van der Waals surface area (Å²) >= 11 is 3.30. The van der Waals surface area contributed by atoms with Crippen molar-refractivity contribution in [3.8, 4) is 5.75 Å². The van der Waals surface area contributed by atoms with Crippen LogP contribution in [0.1, 0.15) is 10.5 Å². The molecule has 0 bridgehead atoms.